The minimum atomic E-state index is -0.472. The fourth-order valence-corrected chi connectivity index (χ4v) is 3.85. The van der Waals surface area contributed by atoms with Crippen molar-refractivity contribution in [1.29, 1.82) is 0 Å². The number of rotatable bonds is 6. The lowest BCUT2D eigenvalue weighted by atomic mass is 10.2. The highest BCUT2D eigenvalue weighted by molar-refractivity contribution is 7.13. The number of carbonyl (C=O) groups excluding carboxylic acids is 2. The first kappa shape index (κ1) is 20.8. The summed E-state index contributed by atoms with van der Waals surface area (Å²) in [5.41, 5.74) is 6.50. The summed E-state index contributed by atoms with van der Waals surface area (Å²) in [6.07, 6.45) is 0. The van der Waals surface area contributed by atoms with E-state index in [2.05, 4.69) is 20.7 Å². The van der Waals surface area contributed by atoms with Crippen molar-refractivity contribution in [2.45, 2.75) is 6.61 Å². The molecule has 1 aromatic heterocycles. The van der Waals surface area contributed by atoms with Crippen molar-refractivity contribution in [3.8, 4) is 5.75 Å². The van der Waals surface area contributed by atoms with Crippen LogP contribution in [0.25, 0.3) is 0 Å². The SMILES string of the molecule is O=C(NNC(=O)c1csc(N2CCOCC2)n1)c1cccc(OCc2ccccc2)c1. The summed E-state index contributed by atoms with van der Waals surface area (Å²) >= 11 is 1.39. The lowest BCUT2D eigenvalue weighted by Crippen LogP contribution is -2.41. The average molecular weight is 439 g/mol. The van der Waals surface area contributed by atoms with Gasteiger partial charge in [0.15, 0.2) is 5.13 Å². The van der Waals surface area contributed by atoms with E-state index in [1.807, 2.05) is 30.3 Å². The first-order chi connectivity index (χ1) is 15.2. The van der Waals surface area contributed by atoms with E-state index in [9.17, 15) is 9.59 Å². The Morgan fingerprint density at radius 3 is 2.61 bits per heavy atom. The van der Waals surface area contributed by atoms with Crippen LogP contribution in [0, 0.1) is 0 Å². The summed E-state index contributed by atoms with van der Waals surface area (Å²) in [5.74, 6) is -0.347. The minimum absolute atomic E-state index is 0.256. The van der Waals surface area contributed by atoms with Crippen LogP contribution in [0.4, 0.5) is 5.13 Å². The van der Waals surface area contributed by atoms with Crippen molar-refractivity contribution in [1.82, 2.24) is 15.8 Å². The number of thiazole rings is 1. The Hall–Kier alpha value is -3.43. The van der Waals surface area contributed by atoms with Gasteiger partial charge in [-0.05, 0) is 23.8 Å². The molecule has 2 amide bonds. The Morgan fingerprint density at radius 2 is 1.81 bits per heavy atom. The van der Waals surface area contributed by atoms with Crippen LogP contribution in [0.1, 0.15) is 26.4 Å². The number of aromatic nitrogens is 1. The second kappa shape index (κ2) is 10.1. The third-order valence-electron chi connectivity index (χ3n) is 4.64. The molecule has 31 heavy (non-hydrogen) atoms. The van der Waals surface area contributed by atoms with Gasteiger partial charge < -0.3 is 14.4 Å². The van der Waals surface area contributed by atoms with Gasteiger partial charge in [-0.15, -0.1) is 11.3 Å². The normalized spacial score (nSPS) is 13.5. The summed E-state index contributed by atoms with van der Waals surface area (Å²) in [6.45, 7) is 3.18. The van der Waals surface area contributed by atoms with E-state index in [0.29, 0.717) is 31.1 Å². The highest BCUT2D eigenvalue weighted by Gasteiger charge is 2.18. The zero-order chi connectivity index (χ0) is 21.5. The zero-order valence-electron chi connectivity index (χ0n) is 16.7. The number of hydrogen-bond acceptors (Lipinski definition) is 7. The molecular formula is C22H22N4O4S. The van der Waals surface area contributed by atoms with Crippen LogP contribution >= 0.6 is 11.3 Å². The molecule has 1 aliphatic rings. The van der Waals surface area contributed by atoms with Gasteiger partial charge in [-0.1, -0.05) is 36.4 Å². The largest absolute Gasteiger partial charge is 0.489 e. The molecule has 160 valence electrons. The molecule has 1 saturated heterocycles. The van der Waals surface area contributed by atoms with Gasteiger partial charge in [0.2, 0.25) is 0 Å². The molecule has 2 heterocycles. The lowest BCUT2D eigenvalue weighted by molar-refractivity contribution is 0.0844. The molecule has 0 aliphatic carbocycles. The molecule has 2 aromatic carbocycles. The van der Waals surface area contributed by atoms with E-state index in [4.69, 9.17) is 9.47 Å². The molecule has 8 nitrogen and oxygen atoms in total. The number of amides is 2. The van der Waals surface area contributed by atoms with E-state index in [-0.39, 0.29) is 5.69 Å². The number of hydrogen-bond donors (Lipinski definition) is 2. The lowest BCUT2D eigenvalue weighted by Gasteiger charge is -2.25. The number of anilines is 1. The molecular weight excluding hydrogens is 416 g/mol. The van der Waals surface area contributed by atoms with Crippen LogP contribution in [0.3, 0.4) is 0 Å². The second-order valence-corrected chi connectivity index (χ2v) is 7.66. The Balaban J connectivity index is 1.30. The predicted molar refractivity (Wildman–Crippen MR) is 117 cm³/mol. The number of hydrazine groups is 1. The summed E-state index contributed by atoms with van der Waals surface area (Å²) < 4.78 is 11.1. The van der Waals surface area contributed by atoms with Crippen molar-refractivity contribution in [3.05, 3.63) is 76.8 Å². The topological polar surface area (TPSA) is 92.8 Å². The molecule has 0 spiro atoms. The van der Waals surface area contributed by atoms with Gasteiger partial charge >= 0.3 is 0 Å². The number of nitrogens with zero attached hydrogens (tertiary/aromatic N) is 2. The number of morpholine rings is 1. The highest BCUT2D eigenvalue weighted by atomic mass is 32.1. The average Bonchev–Trinajstić information content (AvgIpc) is 3.33. The van der Waals surface area contributed by atoms with E-state index < -0.39 is 11.8 Å². The third kappa shape index (κ3) is 5.59. The smallest absolute Gasteiger partial charge is 0.289 e. The standard InChI is InChI=1S/C22H22N4O4S/c27-20(17-7-4-8-18(13-17)30-14-16-5-2-1-3-6-16)24-25-21(28)19-15-31-22(23-19)26-9-11-29-12-10-26/h1-8,13,15H,9-12,14H2,(H,24,27)(H,25,28). The van der Waals surface area contributed by atoms with Gasteiger partial charge in [-0.2, -0.15) is 0 Å². The minimum Gasteiger partial charge on any atom is -0.489 e. The van der Waals surface area contributed by atoms with E-state index in [0.717, 1.165) is 23.8 Å². The molecule has 0 saturated carbocycles. The van der Waals surface area contributed by atoms with Crippen molar-refractivity contribution < 1.29 is 19.1 Å². The van der Waals surface area contributed by atoms with Gasteiger partial charge in [0.1, 0.15) is 18.1 Å². The van der Waals surface area contributed by atoms with Crippen LogP contribution in [0.2, 0.25) is 0 Å². The number of carbonyl (C=O) groups is 2. The zero-order valence-corrected chi connectivity index (χ0v) is 17.6. The van der Waals surface area contributed by atoms with Gasteiger partial charge in [-0.25, -0.2) is 4.98 Å². The number of ether oxygens (including phenoxy) is 2. The summed E-state index contributed by atoms with van der Waals surface area (Å²) in [5, 5.41) is 2.44. The van der Waals surface area contributed by atoms with Gasteiger partial charge in [0.05, 0.1) is 13.2 Å². The maximum atomic E-state index is 12.4. The fraction of sp³-hybridized carbons (Fsp3) is 0.227. The molecule has 0 radical (unpaired) electrons. The van der Waals surface area contributed by atoms with Crippen LogP contribution in [0.5, 0.6) is 5.75 Å². The molecule has 2 N–H and O–H groups in total. The quantitative estimate of drug-likeness (QED) is 0.575. The van der Waals surface area contributed by atoms with Crippen molar-refractivity contribution >= 4 is 28.3 Å². The predicted octanol–water partition coefficient (Wildman–Crippen LogP) is 2.63. The molecule has 1 fully saturated rings. The van der Waals surface area contributed by atoms with E-state index in [1.165, 1.54) is 11.3 Å². The van der Waals surface area contributed by atoms with Crippen molar-refractivity contribution in [2.24, 2.45) is 0 Å². The maximum absolute atomic E-state index is 12.4. The van der Waals surface area contributed by atoms with Crippen molar-refractivity contribution in [3.63, 3.8) is 0 Å². The first-order valence-corrected chi connectivity index (χ1v) is 10.7. The van der Waals surface area contributed by atoms with Crippen LogP contribution in [-0.4, -0.2) is 43.1 Å². The Kier molecular flexibility index (Phi) is 6.75. The van der Waals surface area contributed by atoms with Crippen LogP contribution in [0.15, 0.2) is 60.0 Å². The van der Waals surface area contributed by atoms with E-state index in [1.54, 1.807) is 29.6 Å². The third-order valence-corrected chi connectivity index (χ3v) is 5.54. The Bertz CT molecular complexity index is 1030. The summed E-state index contributed by atoms with van der Waals surface area (Å²) in [6, 6.07) is 16.5. The van der Waals surface area contributed by atoms with Gasteiger partial charge in [-0.3, -0.25) is 20.4 Å². The summed E-state index contributed by atoms with van der Waals surface area (Å²) in [4.78, 5) is 31.2. The van der Waals surface area contributed by atoms with Crippen LogP contribution < -0.4 is 20.5 Å². The highest BCUT2D eigenvalue weighted by Crippen LogP contribution is 2.21. The van der Waals surface area contributed by atoms with Crippen LogP contribution in [-0.2, 0) is 11.3 Å². The van der Waals surface area contributed by atoms with Crippen molar-refractivity contribution in [2.75, 3.05) is 31.2 Å². The fourth-order valence-electron chi connectivity index (χ4n) is 2.99. The molecule has 1 aliphatic heterocycles. The Labute approximate surface area is 183 Å². The maximum Gasteiger partial charge on any atom is 0.289 e. The molecule has 9 heteroatoms. The monoisotopic (exact) mass is 438 g/mol. The molecule has 3 aromatic rings. The van der Waals surface area contributed by atoms with Gasteiger partial charge in [0, 0.05) is 24.0 Å². The molecule has 0 unspecified atom stereocenters. The summed E-state index contributed by atoms with van der Waals surface area (Å²) in [7, 11) is 0. The number of benzene rings is 2. The Morgan fingerprint density at radius 1 is 1.03 bits per heavy atom. The first-order valence-electron chi connectivity index (χ1n) is 9.85. The second-order valence-electron chi connectivity index (χ2n) is 6.83. The number of nitrogens with one attached hydrogen (secondary N) is 2. The molecule has 0 bridgehead atoms. The van der Waals surface area contributed by atoms with Gasteiger partial charge in [0.25, 0.3) is 11.8 Å². The van der Waals surface area contributed by atoms with E-state index >= 15 is 0 Å². The molecule has 4 rings (SSSR count). The molecule has 0 atom stereocenters.